The van der Waals surface area contributed by atoms with Crippen LogP contribution < -0.4 is 0 Å². The molecule has 2 aromatic rings. The van der Waals surface area contributed by atoms with Gasteiger partial charge in [0, 0.05) is 30.2 Å². The third-order valence-electron chi connectivity index (χ3n) is 2.80. The first-order valence-electron chi connectivity index (χ1n) is 5.32. The van der Waals surface area contributed by atoms with Crippen molar-refractivity contribution in [3.8, 4) is 0 Å². The van der Waals surface area contributed by atoms with E-state index in [4.69, 9.17) is 4.42 Å². The third kappa shape index (κ3) is 1.65. The van der Waals surface area contributed by atoms with Gasteiger partial charge in [-0.15, -0.1) is 0 Å². The smallest absolute Gasteiger partial charge is 0.135 e. The van der Waals surface area contributed by atoms with Crippen LogP contribution in [0.15, 0.2) is 39.9 Å². The Morgan fingerprint density at radius 1 is 1.12 bits per heavy atom. The average Bonchev–Trinajstić information content (AvgIpc) is 2.77. The van der Waals surface area contributed by atoms with Crippen molar-refractivity contribution in [3.63, 3.8) is 0 Å². The van der Waals surface area contributed by atoms with Crippen LogP contribution in [0.2, 0.25) is 0 Å². The third-order valence-corrected chi connectivity index (χ3v) is 2.80. The SMILES string of the molecule is Fc1ccc(C2=NCCc3occc32)c(F)c1. The molecule has 0 fully saturated rings. The van der Waals surface area contributed by atoms with Gasteiger partial charge in [0.1, 0.15) is 17.4 Å². The minimum absolute atomic E-state index is 0.314. The topological polar surface area (TPSA) is 25.5 Å². The number of furan rings is 1. The molecule has 0 saturated carbocycles. The molecule has 0 aliphatic carbocycles. The van der Waals surface area contributed by atoms with Crippen LogP contribution in [0.4, 0.5) is 8.78 Å². The summed E-state index contributed by atoms with van der Waals surface area (Å²) in [7, 11) is 0. The van der Waals surface area contributed by atoms with Crippen LogP contribution >= 0.6 is 0 Å². The monoisotopic (exact) mass is 233 g/mol. The summed E-state index contributed by atoms with van der Waals surface area (Å²) in [6.45, 7) is 0.562. The highest BCUT2D eigenvalue weighted by molar-refractivity contribution is 6.14. The Bertz CT molecular complexity index is 601. The summed E-state index contributed by atoms with van der Waals surface area (Å²) in [5, 5.41) is 0. The number of hydrogen-bond acceptors (Lipinski definition) is 2. The Hall–Kier alpha value is -1.97. The van der Waals surface area contributed by atoms with Crippen LogP contribution in [0.1, 0.15) is 16.9 Å². The van der Waals surface area contributed by atoms with Crippen molar-refractivity contribution in [2.45, 2.75) is 6.42 Å². The molecule has 2 nitrogen and oxygen atoms in total. The molecule has 86 valence electrons. The number of rotatable bonds is 1. The highest BCUT2D eigenvalue weighted by Crippen LogP contribution is 2.23. The lowest BCUT2D eigenvalue weighted by Gasteiger charge is -2.12. The second kappa shape index (κ2) is 3.80. The molecule has 3 rings (SSSR count). The molecule has 0 spiro atoms. The molecule has 0 unspecified atom stereocenters. The molecular weight excluding hydrogens is 224 g/mol. The van der Waals surface area contributed by atoms with Crippen LogP contribution in [0, 0.1) is 11.6 Å². The lowest BCUT2D eigenvalue weighted by molar-refractivity contribution is 0.508. The number of fused-ring (bicyclic) bond motifs is 1. The molecular formula is C13H9F2NO. The first kappa shape index (κ1) is 10.2. The maximum absolute atomic E-state index is 13.7. The minimum atomic E-state index is -0.599. The molecule has 0 radical (unpaired) electrons. The van der Waals surface area contributed by atoms with Crippen molar-refractivity contribution in [1.82, 2.24) is 0 Å². The predicted octanol–water partition coefficient (Wildman–Crippen LogP) is 2.95. The van der Waals surface area contributed by atoms with Gasteiger partial charge >= 0.3 is 0 Å². The molecule has 17 heavy (non-hydrogen) atoms. The van der Waals surface area contributed by atoms with Gasteiger partial charge in [-0.3, -0.25) is 4.99 Å². The van der Waals surface area contributed by atoms with Gasteiger partial charge in [0.25, 0.3) is 0 Å². The van der Waals surface area contributed by atoms with Gasteiger partial charge in [-0.25, -0.2) is 8.78 Å². The van der Waals surface area contributed by atoms with E-state index in [1.165, 1.54) is 12.1 Å². The molecule has 0 atom stereocenters. The summed E-state index contributed by atoms with van der Waals surface area (Å²) in [5.41, 5.74) is 1.65. The second-order valence-corrected chi connectivity index (χ2v) is 3.86. The molecule has 0 saturated heterocycles. The zero-order valence-electron chi connectivity index (χ0n) is 8.91. The largest absolute Gasteiger partial charge is 0.469 e. The van der Waals surface area contributed by atoms with Gasteiger partial charge in [-0.1, -0.05) is 0 Å². The lowest BCUT2D eigenvalue weighted by Crippen LogP contribution is -2.13. The van der Waals surface area contributed by atoms with E-state index >= 15 is 0 Å². The van der Waals surface area contributed by atoms with Crippen molar-refractivity contribution in [2.75, 3.05) is 6.54 Å². The number of hydrogen-bond donors (Lipinski definition) is 0. The average molecular weight is 233 g/mol. The van der Waals surface area contributed by atoms with E-state index in [9.17, 15) is 8.78 Å². The first-order chi connectivity index (χ1) is 8.25. The minimum Gasteiger partial charge on any atom is -0.469 e. The van der Waals surface area contributed by atoms with Crippen molar-refractivity contribution in [2.24, 2.45) is 4.99 Å². The van der Waals surface area contributed by atoms with Crippen molar-refractivity contribution in [1.29, 1.82) is 0 Å². The van der Waals surface area contributed by atoms with Crippen LogP contribution in [0.25, 0.3) is 0 Å². The molecule has 0 N–H and O–H groups in total. The van der Waals surface area contributed by atoms with E-state index in [-0.39, 0.29) is 0 Å². The van der Waals surface area contributed by atoms with E-state index in [1.807, 2.05) is 0 Å². The quantitative estimate of drug-likeness (QED) is 0.743. The van der Waals surface area contributed by atoms with Gasteiger partial charge in [0.2, 0.25) is 0 Å². The van der Waals surface area contributed by atoms with E-state index in [2.05, 4.69) is 4.99 Å². The van der Waals surface area contributed by atoms with Crippen molar-refractivity contribution in [3.05, 3.63) is 59.1 Å². The molecule has 0 amide bonds. The Morgan fingerprint density at radius 2 is 2.00 bits per heavy atom. The molecule has 1 aliphatic rings. The highest BCUT2D eigenvalue weighted by atomic mass is 19.1. The lowest BCUT2D eigenvalue weighted by atomic mass is 9.99. The Kier molecular flexibility index (Phi) is 2.28. The number of nitrogens with zero attached hydrogens (tertiary/aromatic N) is 1. The van der Waals surface area contributed by atoms with E-state index in [0.29, 0.717) is 24.2 Å². The summed E-state index contributed by atoms with van der Waals surface area (Å²) < 4.78 is 31.8. The van der Waals surface area contributed by atoms with Crippen LogP contribution in [0.3, 0.4) is 0 Å². The summed E-state index contributed by atoms with van der Waals surface area (Å²) in [4.78, 5) is 4.30. The van der Waals surface area contributed by atoms with Crippen LogP contribution in [-0.4, -0.2) is 12.3 Å². The number of aliphatic imine (C=N–C) groups is 1. The van der Waals surface area contributed by atoms with Gasteiger partial charge < -0.3 is 4.42 Å². The molecule has 4 heteroatoms. The highest BCUT2D eigenvalue weighted by Gasteiger charge is 2.20. The molecule has 1 aromatic heterocycles. The molecule has 2 heterocycles. The first-order valence-corrected chi connectivity index (χ1v) is 5.32. The standard InChI is InChI=1S/C13H9F2NO/c14-8-1-2-9(11(15)7-8)13-10-4-6-17-12(10)3-5-16-13/h1-2,4,6-7H,3,5H2. The van der Waals surface area contributed by atoms with Crippen molar-refractivity contribution >= 4 is 5.71 Å². The number of halogens is 2. The van der Waals surface area contributed by atoms with Crippen LogP contribution in [-0.2, 0) is 6.42 Å². The van der Waals surface area contributed by atoms with Gasteiger partial charge in [0.05, 0.1) is 12.0 Å². The fourth-order valence-corrected chi connectivity index (χ4v) is 2.01. The normalized spacial score (nSPS) is 14.4. The summed E-state index contributed by atoms with van der Waals surface area (Å²) >= 11 is 0. The zero-order chi connectivity index (χ0) is 11.8. The summed E-state index contributed by atoms with van der Waals surface area (Å²) in [6, 6.07) is 5.27. The molecule has 1 aromatic carbocycles. The summed E-state index contributed by atoms with van der Waals surface area (Å²) in [6.07, 6.45) is 2.28. The fraction of sp³-hybridized carbons (Fsp3) is 0.154. The predicted molar refractivity (Wildman–Crippen MR) is 59.3 cm³/mol. The van der Waals surface area contributed by atoms with Gasteiger partial charge in [0.15, 0.2) is 0 Å². The maximum atomic E-state index is 13.7. The van der Waals surface area contributed by atoms with E-state index in [0.717, 1.165) is 17.4 Å². The summed E-state index contributed by atoms with van der Waals surface area (Å²) in [5.74, 6) is -0.383. The molecule has 1 aliphatic heterocycles. The fourth-order valence-electron chi connectivity index (χ4n) is 2.01. The Morgan fingerprint density at radius 3 is 2.82 bits per heavy atom. The zero-order valence-corrected chi connectivity index (χ0v) is 8.91. The van der Waals surface area contributed by atoms with E-state index in [1.54, 1.807) is 12.3 Å². The Labute approximate surface area is 96.6 Å². The Balaban J connectivity index is 2.14. The van der Waals surface area contributed by atoms with Crippen molar-refractivity contribution < 1.29 is 13.2 Å². The van der Waals surface area contributed by atoms with Crippen LogP contribution in [0.5, 0.6) is 0 Å². The van der Waals surface area contributed by atoms with Gasteiger partial charge in [-0.2, -0.15) is 0 Å². The van der Waals surface area contributed by atoms with E-state index < -0.39 is 11.6 Å². The maximum Gasteiger partial charge on any atom is 0.135 e. The number of benzene rings is 1. The second-order valence-electron chi connectivity index (χ2n) is 3.86. The van der Waals surface area contributed by atoms with Gasteiger partial charge in [-0.05, 0) is 18.2 Å². The molecule has 0 bridgehead atoms.